The smallest absolute Gasteiger partial charge is 0.293 e. The zero-order chi connectivity index (χ0) is 21.1. The molecule has 12 heteroatoms. The summed E-state index contributed by atoms with van der Waals surface area (Å²) in [6, 6.07) is 4.21. The van der Waals surface area contributed by atoms with Gasteiger partial charge in [-0.15, -0.1) is 6.58 Å². The van der Waals surface area contributed by atoms with Crippen LogP contribution >= 0.6 is 23.6 Å². The molecule has 0 unspecified atom stereocenters. The third kappa shape index (κ3) is 4.07. The molecule has 0 saturated carbocycles. The van der Waals surface area contributed by atoms with Crippen molar-refractivity contribution in [1.82, 2.24) is 19.7 Å². The number of nitrogens with zero attached hydrogens (tertiary/aromatic N) is 4. The summed E-state index contributed by atoms with van der Waals surface area (Å²) in [4.78, 5) is 28.3. The molecule has 3 aromatic rings. The Morgan fingerprint density at radius 2 is 2.28 bits per heavy atom. The van der Waals surface area contributed by atoms with Gasteiger partial charge in [0.2, 0.25) is 0 Å². The Balaban J connectivity index is 1.89. The molecule has 0 fully saturated rings. The van der Waals surface area contributed by atoms with Gasteiger partial charge in [0, 0.05) is 25.2 Å². The number of amides is 1. The summed E-state index contributed by atoms with van der Waals surface area (Å²) in [6.45, 7) is 5.99. The molecule has 0 bridgehead atoms. The van der Waals surface area contributed by atoms with Gasteiger partial charge in [0.1, 0.15) is 5.69 Å². The number of carbonyl (C=O) groups excluding carboxylic acids is 1. The van der Waals surface area contributed by atoms with Crippen molar-refractivity contribution in [2.24, 2.45) is 0 Å². The molecule has 0 aliphatic carbocycles. The van der Waals surface area contributed by atoms with Crippen LogP contribution < -0.4 is 10.6 Å². The number of anilines is 2. The van der Waals surface area contributed by atoms with Gasteiger partial charge >= 0.3 is 0 Å². The van der Waals surface area contributed by atoms with Crippen LogP contribution in [0, 0.1) is 21.8 Å². The standard InChI is InChI=1S/C17H17N7O3S2/c1-4-7-23-14(21-22-17(23)28)13-9(2)19-16(29-13)20-15(25)10-5-6-11(18-3)12(8-10)24(26)27/h4-6,8,18H,1,7H2,2-3H3,(H,22,28)(H,19,20,25). The molecule has 3 rings (SSSR count). The first-order chi connectivity index (χ1) is 13.8. The Bertz CT molecular complexity index is 1160. The van der Waals surface area contributed by atoms with E-state index in [0.717, 1.165) is 4.88 Å². The fourth-order valence-electron chi connectivity index (χ4n) is 2.65. The van der Waals surface area contributed by atoms with Gasteiger partial charge in [0.05, 0.1) is 15.5 Å². The van der Waals surface area contributed by atoms with Crippen molar-refractivity contribution in [1.29, 1.82) is 0 Å². The first-order valence-electron chi connectivity index (χ1n) is 8.37. The van der Waals surface area contributed by atoms with Crippen LogP contribution in [0.15, 0.2) is 30.9 Å². The average Bonchev–Trinajstić information content (AvgIpc) is 3.23. The van der Waals surface area contributed by atoms with E-state index in [4.69, 9.17) is 12.2 Å². The average molecular weight is 432 g/mol. The van der Waals surface area contributed by atoms with Crippen LogP contribution in [-0.4, -0.2) is 37.6 Å². The monoisotopic (exact) mass is 431 g/mol. The minimum Gasteiger partial charge on any atom is -0.383 e. The van der Waals surface area contributed by atoms with E-state index in [1.54, 1.807) is 24.6 Å². The predicted octanol–water partition coefficient (Wildman–Crippen LogP) is 3.76. The second kappa shape index (κ2) is 8.32. The molecule has 0 aliphatic heterocycles. The molecular formula is C17H17N7O3S2. The number of nitrogens with one attached hydrogen (secondary N) is 3. The molecule has 29 heavy (non-hydrogen) atoms. The first kappa shape index (κ1) is 20.4. The number of hydrogen-bond acceptors (Lipinski definition) is 8. The van der Waals surface area contributed by atoms with E-state index in [2.05, 4.69) is 32.4 Å². The highest BCUT2D eigenvalue weighted by atomic mass is 32.1. The summed E-state index contributed by atoms with van der Waals surface area (Å²) < 4.78 is 2.23. The number of thiazole rings is 1. The number of benzene rings is 1. The molecule has 3 N–H and O–H groups in total. The SMILES string of the molecule is C=CCn1c(-c2sc(NC(=O)c3ccc(NC)c([N+](=O)[O-])c3)nc2C)n[nH]c1=S. The molecule has 1 aromatic carbocycles. The third-order valence-electron chi connectivity index (χ3n) is 4.02. The largest absolute Gasteiger partial charge is 0.383 e. The van der Waals surface area contributed by atoms with E-state index in [9.17, 15) is 14.9 Å². The van der Waals surface area contributed by atoms with Gasteiger partial charge in [-0.25, -0.2) is 4.98 Å². The maximum atomic E-state index is 12.6. The van der Waals surface area contributed by atoms with E-state index in [1.807, 2.05) is 0 Å². The molecule has 2 aromatic heterocycles. The van der Waals surface area contributed by atoms with E-state index < -0.39 is 10.8 Å². The minimum absolute atomic E-state index is 0.152. The number of allylic oxidation sites excluding steroid dienone is 1. The quantitative estimate of drug-likeness (QED) is 0.225. The van der Waals surface area contributed by atoms with Crippen molar-refractivity contribution in [3.05, 3.63) is 57.0 Å². The summed E-state index contributed by atoms with van der Waals surface area (Å²) in [5, 5.41) is 23.9. The lowest BCUT2D eigenvalue weighted by Gasteiger charge is -2.05. The van der Waals surface area contributed by atoms with Crippen molar-refractivity contribution >= 4 is 46.0 Å². The van der Waals surface area contributed by atoms with Crippen LogP contribution in [-0.2, 0) is 6.54 Å². The van der Waals surface area contributed by atoms with Gasteiger partial charge < -0.3 is 5.32 Å². The first-order valence-corrected chi connectivity index (χ1v) is 9.59. The van der Waals surface area contributed by atoms with Gasteiger partial charge in [-0.05, 0) is 31.3 Å². The number of aryl methyl sites for hydroxylation is 1. The number of aromatic amines is 1. The lowest BCUT2D eigenvalue weighted by Crippen LogP contribution is -2.12. The van der Waals surface area contributed by atoms with Gasteiger partial charge in [0.25, 0.3) is 11.6 Å². The number of rotatable bonds is 7. The highest BCUT2D eigenvalue weighted by molar-refractivity contribution is 7.71. The molecule has 2 heterocycles. The molecule has 0 spiro atoms. The van der Waals surface area contributed by atoms with Gasteiger partial charge in [-0.3, -0.25) is 29.9 Å². The molecular weight excluding hydrogens is 414 g/mol. The highest BCUT2D eigenvalue weighted by Crippen LogP contribution is 2.32. The zero-order valence-corrected chi connectivity index (χ0v) is 17.2. The summed E-state index contributed by atoms with van der Waals surface area (Å²) in [5.41, 5.74) is 0.959. The van der Waals surface area contributed by atoms with Gasteiger partial charge in [-0.1, -0.05) is 17.4 Å². The fourth-order valence-corrected chi connectivity index (χ4v) is 3.82. The number of carbonyl (C=O) groups is 1. The summed E-state index contributed by atoms with van der Waals surface area (Å²) in [5.74, 6) is 0.0976. The summed E-state index contributed by atoms with van der Waals surface area (Å²) in [6.07, 6.45) is 1.70. The zero-order valence-electron chi connectivity index (χ0n) is 15.6. The van der Waals surface area contributed by atoms with Crippen LogP contribution in [0.2, 0.25) is 0 Å². The van der Waals surface area contributed by atoms with Crippen LogP contribution in [0.25, 0.3) is 10.7 Å². The molecule has 0 atom stereocenters. The molecule has 150 valence electrons. The Labute approximate surface area is 174 Å². The van der Waals surface area contributed by atoms with Crippen molar-refractivity contribution in [2.45, 2.75) is 13.5 Å². The normalized spacial score (nSPS) is 10.6. The topological polar surface area (TPSA) is 131 Å². The molecule has 0 aliphatic rings. The number of nitro benzene ring substituents is 1. The van der Waals surface area contributed by atoms with Crippen LogP contribution in [0.3, 0.4) is 0 Å². The number of H-pyrrole nitrogens is 1. The van der Waals surface area contributed by atoms with E-state index in [0.29, 0.717) is 33.7 Å². The lowest BCUT2D eigenvalue weighted by atomic mass is 10.1. The minimum atomic E-state index is -0.545. The Morgan fingerprint density at radius 1 is 1.52 bits per heavy atom. The van der Waals surface area contributed by atoms with E-state index in [1.165, 1.54) is 29.5 Å². The highest BCUT2D eigenvalue weighted by Gasteiger charge is 2.20. The number of nitro groups is 1. The van der Waals surface area contributed by atoms with Crippen molar-refractivity contribution < 1.29 is 9.72 Å². The second-order valence-corrected chi connectivity index (χ2v) is 7.26. The van der Waals surface area contributed by atoms with Crippen molar-refractivity contribution in [2.75, 3.05) is 17.7 Å². The molecule has 0 saturated heterocycles. The van der Waals surface area contributed by atoms with Gasteiger partial charge in [-0.2, -0.15) is 5.10 Å². The van der Waals surface area contributed by atoms with Crippen LogP contribution in [0.5, 0.6) is 0 Å². The molecule has 0 radical (unpaired) electrons. The van der Waals surface area contributed by atoms with Gasteiger partial charge in [0.15, 0.2) is 15.7 Å². The third-order valence-corrected chi connectivity index (χ3v) is 5.40. The Hall–Kier alpha value is -3.38. The maximum Gasteiger partial charge on any atom is 0.293 e. The summed E-state index contributed by atoms with van der Waals surface area (Å²) >= 11 is 6.46. The van der Waals surface area contributed by atoms with Crippen molar-refractivity contribution in [3.8, 4) is 10.7 Å². The lowest BCUT2D eigenvalue weighted by molar-refractivity contribution is -0.384. The van der Waals surface area contributed by atoms with Crippen molar-refractivity contribution in [3.63, 3.8) is 0 Å². The Kier molecular flexibility index (Phi) is 5.84. The van der Waals surface area contributed by atoms with E-state index >= 15 is 0 Å². The number of hydrogen-bond donors (Lipinski definition) is 3. The van der Waals surface area contributed by atoms with E-state index in [-0.39, 0.29) is 11.3 Å². The Morgan fingerprint density at radius 3 is 2.93 bits per heavy atom. The fraction of sp³-hybridized carbons (Fsp3) is 0.176. The van der Waals surface area contributed by atoms with Crippen LogP contribution in [0.4, 0.5) is 16.5 Å². The van der Waals surface area contributed by atoms with Crippen LogP contribution in [0.1, 0.15) is 16.1 Å². The summed E-state index contributed by atoms with van der Waals surface area (Å²) in [7, 11) is 1.57. The predicted molar refractivity (Wildman–Crippen MR) is 114 cm³/mol. The molecule has 1 amide bonds. The second-order valence-electron chi connectivity index (χ2n) is 5.88. The maximum absolute atomic E-state index is 12.6. The molecule has 10 nitrogen and oxygen atoms in total. The number of aromatic nitrogens is 4.